The van der Waals surface area contributed by atoms with Gasteiger partial charge in [0.1, 0.15) is 5.75 Å². The fourth-order valence-corrected chi connectivity index (χ4v) is 2.03. The van der Waals surface area contributed by atoms with Crippen LogP contribution < -0.4 is 4.74 Å². The average molecular weight is 241 g/mol. The van der Waals surface area contributed by atoms with E-state index in [9.17, 15) is 0 Å². The lowest BCUT2D eigenvalue weighted by Crippen LogP contribution is -2.17. The Morgan fingerprint density at radius 1 is 1.19 bits per heavy atom. The Kier molecular flexibility index (Phi) is 5.14. The van der Waals surface area contributed by atoms with E-state index in [1.54, 1.807) is 0 Å². The molecule has 0 aromatic heterocycles. The van der Waals surface area contributed by atoms with Crippen molar-refractivity contribution < 1.29 is 4.74 Å². The highest BCUT2D eigenvalue weighted by atomic mass is 35.5. The lowest BCUT2D eigenvalue weighted by molar-refractivity contribution is 0.333. The van der Waals surface area contributed by atoms with Crippen molar-refractivity contribution in [1.29, 1.82) is 0 Å². The quantitative estimate of drug-likeness (QED) is 0.691. The largest absolute Gasteiger partial charge is 0.494 e. The van der Waals surface area contributed by atoms with E-state index in [1.807, 2.05) is 25.1 Å². The van der Waals surface area contributed by atoms with E-state index in [1.165, 1.54) is 5.56 Å². The van der Waals surface area contributed by atoms with Gasteiger partial charge in [-0.2, -0.15) is 0 Å². The van der Waals surface area contributed by atoms with E-state index in [0.717, 1.165) is 5.75 Å². The minimum absolute atomic E-state index is 0.140. The summed E-state index contributed by atoms with van der Waals surface area (Å²) in [6.07, 6.45) is 0. The van der Waals surface area contributed by atoms with Crippen LogP contribution in [0.5, 0.6) is 5.75 Å². The van der Waals surface area contributed by atoms with Crippen LogP contribution in [0.25, 0.3) is 0 Å². The molecule has 90 valence electrons. The molecular formula is C14H21ClO. The summed E-state index contributed by atoms with van der Waals surface area (Å²) in [6.45, 7) is 9.16. The first-order valence-electron chi connectivity index (χ1n) is 5.93. The molecule has 0 saturated carbocycles. The molecule has 0 aliphatic heterocycles. The summed E-state index contributed by atoms with van der Waals surface area (Å²) in [5.74, 6) is 1.74. The van der Waals surface area contributed by atoms with Gasteiger partial charge in [-0.05, 0) is 24.5 Å². The van der Waals surface area contributed by atoms with Crippen LogP contribution in [0.2, 0.25) is 0 Å². The number of benzene rings is 1. The van der Waals surface area contributed by atoms with Crippen molar-refractivity contribution >= 4 is 11.6 Å². The lowest BCUT2D eigenvalue weighted by atomic mass is 9.91. The van der Waals surface area contributed by atoms with Gasteiger partial charge in [0.15, 0.2) is 0 Å². The first-order valence-corrected chi connectivity index (χ1v) is 6.37. The summed E-state index contributed by atoms with van der Waals surface area (Å²) in [5.41, 5.74) is 1.21. The Balaban J connectivity index is 2.93. The Morgan fingerprint density at radius 3 is 2.38 bits per heavy atom. The highest BCUT2D eigenvalue weighted by molar-refractivity contribution is 6.21. The van der Waals surface area contributed by atoms with E-state index in [-0.39, 0.29) is 5.38 Å². The summed E-state index contributed by atoms with van der Waals surface area (Å²) in [7, 11) is 0. The SMILES string of the molecule is CCOc1ccccc1C(C)C(Cl)C(C)C. The maximum atomic E-state index is 6.42. The minimum atomic E-state index is 0.140. The molecule has 2 atom stereocenters. The highest BCUT2D eigenvalue weighted by Crippen LogP contribution is 2.33. The van der Waals surface area contributed by atoms with Crippen molar-refractivity contribution in [2.24, 2.45) is 5.92 Å². The number of rotatable bonds is 5. The fourth-order valence-electron chi connectivity index (χ4n) is 1.89. The molecule has 0 N–H and O–H groups in total. The Bertz CT molecular complexity index is 322. The molecule has 0 saturated heterocycles. The minimum Gasteiger partial charge on any atom is -0.494 e. The molecule has 2 unspecified atom stereocenters. The second kappa shape index (κ2) is 6.15. The number of hydrogen-bond acceptors (Lipinski definition) is 1. The monoisotopic (exact) mass is 240 g/mol. The van der Waals surface area contributed by atoms with Crippen LogP contribution in [-0.4, -0.2) is 12.0 Å². The van der Waals surface area contributed by atoms with E-state index >= 15 is 0 Å². The first-order chi connectivity index (χ1) is 7.57. The molecule has 0 radical (unpaired) electrons. The van der Waals surface area contributed by atoms with Crippen molar-refractivity contribution in [3.05, 3.63) is 29.8 Å². The van der Waals surface area contributed by atoms with Crippen molar-refractivity contribution in [2.75, 3.05) is 6.61 Å². The zero-order valence-electron chi connectivity index (χ0n) is 10.5. The van der Waals surface area contributed by atoms with Crippen molar-refractivity contribution in [3.8, 4) is 5.75 Å². The molecular weight excluding hydrogens is 220 g/mol. The van der Waals surface area contributed by atoms with Crippen LogP contribution >= 0.6 is 11.6 Å². The van der Waals surface area contributed by atoms with Crippen LogP contribution in [0.3, 0.4) is 0 Å². The summed E-state index contributed by atoms with van der Waals surface area (Å²) in [5, 5.41) is 0.140. The second-order valence-corrected chi connectivity index (χ2v) is 4.95. The second-order valence-electron chi connectivity index (χ2n) is 4.45. The molecule has 0 aliphatic rings. The van der Waals surface area contributed by atoms with Gasteiger partial charge in [0.25, 0.3) is 0 Å². The van der Waals surface area contributed by atoms with Crippen molar-refractivity contribution in [1.82, 2.24) is 0 Å². The van der Waals surface area contributed by atoms with E-state index < -0.39 is 0 Å². The van der Waals surface area contributed by atoms with E-state index in [4.69, 9.17) is 16.3 Å². The van der Waals surface area contributed by atoms with Crippen LogP contribution in [0, 0.1) is 5.92 Å². The first kappa shape index (κ1) is 13.4. The zero-order valence-corrected chi connectivity index (χ0v) is 11.3. The Morgan fingerprint density at radius 2 is 1.81 bits per heavy atom. The van der Waals surface area contributed by atoms with Crippen molar-refractivity contribution in [3.63, 3.8) is 0 Å². The van der Waals surface area contributed by atoms with Gasteiger partial charge in [-0.3, -0.25) is 0 Å². The number of hydrogen-bond donors (Lipinski definition) is 0. The maximum Gasteiger partial charge on any atom is 0.122 e. The van der Waals surface area contributed by atoms with E-state index in [2.05, 4.69) is 26.8 Å². The van der Waals surface area contributed by atoms with Crippen LogP contribution in [0.1, 0.15) is 39.2 Å². The molecule has 0 bridgehead atoms. The normalized spacial score (nSPS) is 14.9. The molecule has 0 spiro atoms. The number of halogens is 1. The molecule has 1 aromatic rings. The topological polar surface area (TPSA) is 9.23 Å². The smallest absolute Gasteiger partial charge is 0.122 e. The Labute approximate surface area is 104 Å². The zero-order chi connectivity index (χ0) is 12.1. The predicted octanol–water partition coefficient (Wildman–Crippen LogP) is 4.45. The molecule has 0 heterocycles. The summed E-state index contributed by atoms with van der Waals surface area (Å²) < 4.78 is 5.63. The van der Waals surface area contributed by atoms with E-state index in [0.29, 0.717) is 18.4 Å². The highest BCUT2D eigenvalue weighted by Gasteiger charge is 2.22. The number of para-hydroxylation sites is 1. The van der Waals surface area contributed by atoms with Gasteiger partial charge in [-0.25, -0.2) is 0 Å². The Hall–Kier alpha value is -0.690. The molecule has 0 fully saturated rings. The van der Waals surface area contributed by atoms with Gasteiger partial charge in [-0.15, -0.1) is 11.6 Å². The predicted molar refractivity (Wildman–Crippen MR) is 70.5 cm³/mol. The molecule has 0 aliphatic carbocycles. The van der Waals surface area contributed by atoms with Crippen LogP contribution in [0.4, 0.5) is 0 Å². The van der Waals surface area contributed by atoms with Gasteiger partial charge in [-0.1, -0.05) is 39.0 Å². The van der Waals surface area contributed by atoms with Crippen molar-refractivity contribution in [2.45, 2.75) is 39.0 Å². The average Bonchev–Trinajstić information content (AvgIpc) is 2.28. The van der Waals surface area contributed by atoms with Gasteiger partial charge >= 0.3 is 0 Å². The third-order valence-corrected chi connectivity index (χ3v) is 3.71. The van der Waals surface area contributed by atoms with Gasteiger partial charge < -0.3 is 4.74 Å². The standard InChI is InChI=1S/C14H21ClO/c1-5-16-13-9-7-6-8-12(13)11(4)14(15)10(2)3/h6-11,14H,5H2,1-4H3. The van der Waals surface area contributed by atoms with Gasteiger partial charge in [0, 0.05) is 11.3 Å². The molecule has 1 aromatic carbocycles. The maximum absolute atomic E-state index is 6.42. The fraction of sp³-hybridized carbons (Fsp3) is 0.571. The molecule has 0 amide bonds. The van der Waals surface area contributed by atoms with Crippen LogP contribution in [-0.2, 0) is 0 Å². The number of ether oxygens (including phenoxy) is 1. The van der Waals surface area contributed by atoms with Gasteiger partial charge in [0.2, 0.25) is 0 Å². The summed E-state index contributed by atoms with van der Waals surface area (Å²) in [6, 6.07) is 8.16. The van der Waals surface area contributed by atoms with Crippen LogP contribution in [0.15, 0.2) is 24.3 Å². The number of alkyl halides is 1. The molecule has 1 nitrogen and oxygen atoms in total. The van der Waals surface area contributed by atoms with Gasteiger partial charge in [0.05, 0.1) is 6.61 Å². The summed E-state index contributed by atoms with van der Waals surface area (Å²) in [4.78, 5) is 0. The lowest BCUT2D eigenvalue weighted by Gasteiger charge is -2.23. The molecule has 2 heteroatoms. The third kappa shape index (κ3) is 3.15. The molecule has 16 heavy (non-hydrogen) atoms. The third-order valence-electron chi connectivity index (χ3n) is 2.82. The molecule has 1 rings (SSSR count). The summed E-state index contributed by atoms with van der Waals surface area (Å²) >= 11 is 6.42.